The van der Waals surface area contributed by atoms with E-state index < -0.39 is 0 Å². The third-order valence-corrected chi connectivity index (χ3v) is 2.18. The molecule has 4 heteroatoms. The molecule has 1 saturated carbocycles. The number of nitrogens with one attached hydrogen (secondary N) is 1. The van der Waals surface area contributed by atoms with E-state index in [-0.39, 0.29) is 0 Å². The SMILES string of the molecule is CCOCCc1nc(C2CC2)n[nH]1. The second kappa shape index (κ2) is 3.87. The molecule has 0 radical (unpaired) electrons. The average molecular weight is 181 g/mol. The maximum Gasteiger partial charge on any atom is 0.153 e. The van der Waals surface area contributed by atoms with Crippen LogP contribution in [0.2, 0.25) is 0 Å². The van der Waals surface area contributed by atoms with Gasteiger partial charge in [0.05, 0.1) is 6.61 Å². The normalized spacial score (nSPS) is 16.4. The third-order valence-electron chi connectivity index (χ3n) is 2.18. The highest BCUT2D eigenvalue weighted by molar-refractivity contribution is 5.04. The maximum atomic E-state index is 5.24. The molecule has 0 saturated heterocycles. The molecule has 13 heavy (non-hydrogen) atoms. The van der Waals surface area contributed by atoms with Crippen LogP contribution in [0, 0.1) is 0 Å². The van der Waals surface area contributed by atoms with Crippen molar-refractivity contribution in [2.75, 3.05) is 13.2 Å². The third kappa shape index (κ3) is 2.28. The molecule has 1 aromatic rings. The Kier molecular flexibility index (Phi) is 2.59. The Morgan fingerprint density at radius 1 is 1.54 bits per heavy atom. The van der Waals surface area contributed by atoms with Crippen LogP contribution in [0.1, 0.15) is 37.3 Å². The summed E-state index contributed by atoms with van der Waals surface area (Å²) in [6.45, 7) is 3.50. The minimum absolute atomic E-state index is 0.636. The predicted octanol–water partition coefficient (Wildman–Crippen LogP) is 1.26. The molecule has 1 aliphatic rings. The van der Waals surface area contributed by atoms with E-state index in [0.717, 1.165) is 31.3 Å². The Labute approximate surface area is 77.7 Å². The lowest BCUT2D eigenvalue weighted by atomic mass is 10.4. The van der Waals surface area contributed by atoms with Crippen molar-refractivity contribution in [2.45, 2.75) is 32.1 Å². The molecule has 1 heterocycles. The van der Waals surface area contributed by atoms with Crippen LogP contribution < -0.4 is 0 Å². The lowest BCUT2D eigenvalue weighted by Gasteiger charge is -1.96. The second-order valence-corrected chi connectivity index (χ2v) is 3.36. The Balaban J connectivity index is 1.82. The molecule has 1 N–H and O–H groups in total. The number of hydrogen-bond acceptors (Lipinski definition) is 3. The smallest absolute Gasteiger partial charge is 0.153 e. The Bertz CT molecular complexity index is 268. The molecule has 1 fully saturated rings. The van der Waals surface area contributed by atoms with E-state index in [9.17, 15) is 0 Å². The van der Waals surface area contributed by atoms with Gasteiger partial charge in [-0.05, 0) is 19.8 Å². The number of aromatic nitrogens is 3. The lowest BCUT2D eigenvalue weighted by Crippen LogP contribution is -1.99. The first kappa shape index (κ1) is 8.69. The van der Waals surface area contributed by atoms with Gasteiger partial charge in [0, 0.05) is 18.9 Å². The maximum absolute atomic E-state index is 5.24. The van der Waals surface area contributed by atoms with Gasteiger partial charge in [-0.15, -0.1) is 0 Å². The first-order chi connectivity index (χ1) is 6.40. The Morgan fingerprint density at radius 2 is 2.38 bits per heavy atom. The van der Waals surface area contributed by atoms with E-state index in [4.69, 9.17) is 4.74 Å². The van der Waals surface area contributed by atoms with Gasteiger partial charge in [-0.3, -0.25) is 5.10 Å². The number of rotatable bonds is 5. The lowest BCUT2D eigenvalue weighted by molar-refractivity contribution is 0.149. The highest BCUT2D eigenvalue weighted by Gasteiger charge is 2.27. The summed E-state index contributed by atoms with van der Waals surface area (Å²) in [5, 5.41) is 7.11. The van der Waals surface area contributed by atoms with Gasteiger partial charge in [-0.2, -0.15) is 5.10 Å². The average Bonchev–Trinajstić information content (AvgIpc) is 2.88. The topological polar surface area (TPSA) is 50.8 Å². The number of H-pyrrole nitrogens is 1. The largest absolute Gasteiger partial charge is 0.381 e. The minimum atomic E-state index is 0.636. The molecular formula is C9H15N3O. The standard InChI is InChI=1S/C9H15N3O/c1-2-13-6-5-8-10-9(12-11-8)7-3-4-7/h7H,2-6H2,1H3,(H,10,11,12). The fourth-order valence-corrected chi connectivity index (χ4v) is 1.26. The molecule has 2 rings (SSSR count). The molecule has 1 aromatic heterocycles. The summed E-state index contributed by atoms with van der Waals surface area (Å²) in [5.41, 5.74) is 0. The van der Waals surface area contributed by atoms with Gasteiger partial charge >= 0.3 is 0 Å². The quantitative estimate of drug-likeness (QED) is 0.696. The van der Waals surface area contributed by atoms with Gasteiger partial charge in [-0.25, -0.2) is 4.98 Å². The van der Waals surface area contributed by atoms with Crippen molar-refractivity contribution in [1.29, 1.82) is 0 Å². The summed E-state index contributed by atoms with van der Waals surface area (Å²) in [4.78, 5) is 4.40. The van der Waals surface area contributed by atoms with Crippen LogP contribution in [-0.4, -0.2) is 28.4 Å². The molecule has 0 aliphatic heterocycles. The van der Waals surface area contributed by atoms with Crippen LogP contribution in [0.3, 0.4) is 0 Å². The minimum Gasteiger partial charge on any atom is -0.381 e. The van der Waals surface area contributed by atoms with Crippen molar-refractivity contribution in [3.05, 3.63) is 11.6 Å². The van der Waals surface area contributed by atoms with Crippen LogP contribution >= 0.6 is 0 Å². The van der Waals surface area contributed by atoms with Gasteiger partial charge in [0.25, 0.3) is 0 Å². The van der Waals surface area contributed by atoms with E-state index in [0.29, 0.717) is 5.92 Å². The fourth-order valence-electron chi connectivity index (χ4n) is 1.26. The van der Waals surface area contributed by atoms with Crippen molar-refractivity contribution in [2.24, 2.45) is 0 Å². The van der Waals surface area contributed by atoms with E-state index in [1.807, 2.05) is 6.92 Å². The summed E-state index contributed by atoms with van der Waals surface area (Å²) in [6, 6.07) is 0. The highest BCUT2D eigenvalue weighted by atomic mass is 16.5. The first-order valence-electron chi connectivity index (χ1n) is 4.89. The summed E-state index contributed by atoms with van der Waals surface area (Å²) in [5.74, 6) is 2.58. The summed E-state index contributed by atoms with van der Waals surface area (Å²) in [6.07, 6.45) is 3.35. The molecule has 0 atom stereocenters. The van der Waals surface area contributed by atoms with Gasteiger partial charge in [0.2, 0.25) is 0 Å². The van der Waals surface area contributed by atoms with Gasteiger partial charge in [0.1, 0.15) is 5.82 Å². The van der Waals surface area contributed by atoms with Crippen LogP contribution in [0.4, 0.5) is 0 Å². The predicted molar refractivity (Wildman–Crippen MR) is 48.6 cm³/mol. The molecule has 0 bridgehead atoms. The summed E-state index contributed by atoms with van der Waals surface area (Å²) in [7, 11) is 0. The fraction of sp³-hybridized carbons (Fsp3) is 0.778. The zero-order chi connectivity index (χ0) is 9.10. The second-order valence-electron chi connectivity index (χ2n) is 3.36. The summed E-state index contributed by atoms with van der Waals surface area (Å²) >= 11 is 0. The van der Waals surface area contributed by atoms with E-state index in [2.05, 4.69) is 15.2 Å². The number of aromatic amines is 1. The summed E-state index contributed by atoms with van der Waals surface area (Å²) < 4.78 is 5.24. The molecule has 1 aliphatic carbocycles. The molecule has 0 unspecified atom stereocenters. The number of hydrogen-bond donors (Lipinski definition) is 1. The van der Waals surface area contributed by atoms with Gasteiger partial charge in [0.15, 0.2) is 5.82 Å². The number of ether oxygens (including phenoxy) is 1. The van der Waals surface area contributed by atoms with Crippen LogP contribution in [0.25, 0.3) is 0 Å². The van der Waals surface area contributed by atoms with Crippen molar-refractivity contribution in [1.82, 2.24) is 15.2 Å². The van der Waals surface area contributed by atoms with Crippen LogP contribution in [0.15, 0.2) is 0 Å². The van der Waals surface area contributed by atoms with Crippen molar-refractivity contribution in [3.63, 3.8) is 0 Å². The zero-order valence-electron chi connectivity index (χ0n) is 7.92. The zero-order valence-corrected chi connectivity index (χ0v) is 7.92. The van der Waals surface area contributed by atoms with Gasteiger partial charge in [-0.1, -0.05) is 0 Å². The molecule has 4 nitrogen and oxygen atoms in total. The van der Waals surface area contributed by atoms with Crippen LogP contribution in [-0.2, 0) is 11.2 Å². The van der Waals surface area contributed by atoms with Crippen LogP contribution in [0.5, 0.6) is 0 Å². The molecule has 0 spiro atoms. The van der Waals surface area contributed by atoms with E-state index in [1.54, 1.807) is 0 Å². The monoisotopic (exact) mass is 181 g/mol. The highest BCUT2D eigenvalue weighted by Crippen LogP contribution is 2.37. The molecule has 0 aromatic carbocycles. The van der Waals surface area contributed by atoms with Crippen molar-refractivity contribution in [3.8, 4) is 0 Å². The Hall–Kier alpha value is -0.900. The Morgan fingerprint density at radius 3 is 3.08 bits per heavy atom. The van der Waals surface area contributed by atoms with Crippen molar-refractivity contribution < 1.29 is 4.74 Å². The number of nitrogens with zero attached hydrogens (tertiary/aromatic N) is 2. The molecule has 0 amide bonds. The molecular weight excluding hydrogens is 166 g/mol. The van der Waals surface area contributed by atoms with E-state index in [1.165, 1.54) is 12.8 Å². The van der Waals surface area contributed by atoms with Crippen molar-refractivity contribution >= 4 is 0 Å². The van der Waals surface area contributed by atoms with E-state index >= 15 is 0 Å². The first-order valence-corrected chi connectivity index (χ1v) is 4.89. The molecule has 72 valence electrons. The van der Waals surface area contributed by atoms with Gasteiger partial charge < -0.3 is 4.74 Å².